The van der Waals surface area contributed by atoms with E-state index in [2.05, 4.69) is 20.8 Å². The highest BCUT2D eigenvalue weighted by Gasteiger charge is 2.49. The van der Waals surface area contributed by atoms with E-state index < -0.39 is 0 Å². The molecule has 4 heteroatoms. The molecule has 1 fully saturated rings. The average Bonchev–Trinajstić information content (AvgIpc) is 2.68. The normalized spacial score (nSPS) is 23.0. The molecule has 148 valence electrons. The molecule has 0 saturated carbocycles. The first-order valence-electron chi connectivity index (χ1n) is 9.90. The lowest BCUT2D eigenvalue weighted by molar-refractivity contribution is -0.157. The Hall–Kier alpha value is -2.62. The van der Waals surface area contributed by atoms with Gasteiger partial charge >= 0.3 is 0 Å². The lowest BCUT2D eigenvalue weighted by Gasteiger charge is -2.54. The molecule has 2 aromatic rings. The van der Waals surface area contributed by atoms with Gasteiger partial charge in [-0.25, -0.2) is 0 Å². The quantitative estimate of drug-likeness (QED) is 0.802. The summed E-state index contributed by atoms with van der Waals surface area (Å²) in [5.41, 5.74) is 1.51. The van der Waals surface area contributed by atoms with Gasteiger partial charge in [0.1, 0.15) is 6.17 Å². The molecule has 1 heterocycles. The van der Waals surface area contributed by atoms with Gasteiger partial charge in [0.05, 0.1) is 5.92 Å². The minimum Gasteiger partial charge on any atom is -0.324 e. The lowest BCUT2D eigenvalue weighted by atomic mass is 9.81. The van der Waals surface area contributed by atoms with Gasteiger partial charge in [-0.1, -0.05) is 69.3 Å². The van der Waals surface area contributed by atoms with E-state index in [1.165, 1.54) is 0 Å². The van der Waals surface area contributed by atoms with Crippen molar-refractivity contribution in [3.8, 4) is 0 Å². The molecule has 0 aliphatic carbocycles. The van der Waals surface area contributed by atoms with Crippen molar-refractivity contribution in [2.45, 2.75) is 46.3 Å². The highest BCUT2D eigenvalue weighted by atomic mass is 16.2. The van der Waals surface area contributed by atoms with Crippen molar-refractivity contribution in [2.24, 2.45) is 11.3 Å². The van der Waals surface area contributed by atoms with Crippen LogP contribution in [0, 0.1) is 11.3 Å². The van der Waals surface area contributed by atoms with Gasteiger partial charge in [-0.15, -0.1) is 0 Å². The monoisotopic (exact) mass is 378 g/mol. The van der Waals surface area contributed by atoms with Crippen LogP contribution in [0.1, 0.15) is 43.6 Å². The van der Waals surface area contributed by atoms with Crippen molar-refractivity contribution in [2.75, 3.05) is 7.05 Å². The van der Waals surface area contributed by atoms with Crippen LogP contribution in [0.2, 0.25) is 0 Å². The smallest absolute Gasteiger partial charge is 0.255 e. The molecule has 1 aliphatic rings. The maximum Gasteiger partial charge on any atom is 0.255 e. The molecule has 0 spiro atoms. The first kappa shape index (κ1) is 20.1. The van der Waals surface area contributed by atoms with Crippen LogP contribution in [0.4, 0.5) is 0 Å². The van der Waals surface area contributed by atoms with E-state index in [-0.39, 0.29) is 35.4 Å². The Labute approximate surface area is 168 Å². The number of nitrogens with zero attached hydrogens (tertiary/aromatic N) is 2. The topological polar surface area (TPSA) is 40.6 Å². The number of carbonyl (C=O) groups is 2. The van der Waals surface area contributed by atoms with Crippen molar-refractivity contribution < 1.29 is 9.59 Å². The van der Waals surface area contributed by atoms with E-state index >= 15 is 0 Å². The van der Waals surface area contributed by atoms with Gasteiger partial charge in [-0.05, 0) is 31.0 Å². The Morgan fingerprint density at radius 2 is 1.50 bits per heavy atom. The van der Waals surface area contributed by atoms with E-state index in [9.17, 15) is 9.59 Å². The van der Waals surface area contributed by atoms with Gasteiger partial charge < -0.3 is 9.80 Å². The van der Waals surface area contributed by atoms with Gasteiger partial charge in [-0.3, -0.25) is 9.59 Å². The van der Waals surface area contributed by atoms with Crippen molar-refractivity contribution >= 4 is 11.8 Å². The third-order valence-corrected chi connectivity index (χ3v) is 5.64. The molecule has 0 N–H and O–H groups in total. The van der Waals surface area contributed by atoms with Crippen molar-refractivity contribution in [3.05, 3.63) is 71.8 Å². The molecule has 0 unspecified atom stereocenters. The van der Waals surface area contributed by atoms with Crippen molar-refractivity contribution in [1.82, 2.24) is 9.80 Å². The van der Waals surface area contributed by atoms with Gasteiger partial charge in [0, 0.05) is 24.1 Å². The first-order chi connectivity index (χ1) is 13.2. The third-order valence-electron chi connectivity index (χ3n) is 5.64. The number of benzene rings is 2. The average molecular weight is 379 g/mol. The summed E-state index contributed by atoms with van der Waals surface area (Å²) >= 11 is 0. The molecule has 2 aromatic carbocycles. The van der Waals surface area contributed by atoms with Crippen LogP contribution in [0.3, 0.4) is 0 Å². The molecule has 3 atom stereocenters. The van der Waals surface area contributed by atoms with Crippen molar-refractivity contribution in [3.63, 3.8) is 0 Å². The Morgan fingerprint density at radius 3 is 2.04 bits per heavy atom. The number of hydrogen-bond acceptors (Lipinski definition) is 2. The molecular formula is C24H30N2O2. The zero-order valence-corrected chi connectivity index (χ0v) is 17.4. The number of amides is 2. The van der Waals surface area contributed by atoms with E-state index in [1.807, 2.05) is 79.5 Å². The maximum absolute atomic E-state index is 13.5. The SMILES string of the molecule is C[C@H]1[C@H](Cc2ccccc2)C(=O)N(C)[C@H](C(C)(C)C)N1C(=O)c1ccccc1. The first-order valence-corrected chi connectivity index (χ1v) is 9.90. The molecule has 4 nitrogen and oxygen atoms in total. The standard InChI is InChI=1S/C24H30N2O2/c1-17-20(16-18-12-8-6-9-13-18)22(28)25(5)23(24(2,3)4)26(17)21(27)19-14-10-7-11-15-19/h6-15,17,20,23H,16H2,1-5H3/t17-,20-,23-/m0/s1. The van der Waals surface area contributed by atoms with Gasteiger partial charge in [-0.2, -0.15) is 0 Å². The Bertz CT molecular complexity index is 827. The summed E-state index contributed by atoms with van der Waals surface area (Å²) in [4.78, 5) is 30.5. The summed E-state index contributed by atoms with van der Waals surface area (Å²) in [5, 5.41) is 0. The fraction of sp³-hybridized carbons (Fsp3) is 0.417. The second kappa shape index (κ2) is 7.78. The summed E-state index contributed by atoms with van der Waals surface area (Å²) < 4.78 is 0. The van der Waals surface area contributed by atoms with Crippen molar-refractivity contribution in [1.29, 1.82) is 0 Å². The van der Waals surface area contributed by atoms with Gasteiger partial charge in [0.25, 0.3) is 5.91 Å². The maximum atomic E-state index is 13.5. The summed E-state index contributed by atoms with van der Waals surface area (Å²) in [6.07, 6.45) is 0.329. The van der Waals surface area contributed by atoms with Crippen LogP contribution in [-0.4, -0.2) is 40.9 Å². The molecule has 28 heavy (non-hydrogen) atoms. The second-order valence-electron chi connectivity index (χ2n) is 8.80. The molecule has 3 rings (SSSR count). The van der Waals surface area contributed by atoms with E-state index in [4.69, 9.17) is 0 Å². The lowest BCUT2D eigenvalue weighted by Crippen LogP contribution is -2.68. The van der Waals surface area contributed by atoms with E-state index in [0.717, 1.165) is 5.56 Å². The third kappa shape index (κ3) is 3.82. The number of hydrogen-bond donors (Lipinski definition) is 0. The molecule has 2 amide bonds. The molecule has 1 aliphatic heterocycles. The summed E-state index contributed by atoms with van der Waals surface area (Å²) in [6.45, 7) is 8.25. The van der Waals surface area contributed by atoms with Gasteiger partial charge in [0.2, 0.25) is 5.91 Å². The Balaban J connectivity index is 2.01. The number of rotatable bonds is 3. The van der Waals surface area contributed by atoms with Crippen LogP contribution < -0.4 is 0 Å². The molecule has 0 radical (unpaired) electrons. The van der Waals surface area contributed by atoms with Crippen LogP contribution in [0.5, 0.6) is 0 Å². The van der Waals surface area contributed by atoms with Crippen LogP contribution in [0.25, 0.3) is 0 Å². The molecule has 1 saturated heterocycles. The fourth-order valence-electron chi connectivity index (χ4n) is 4.34. The predicted octanol–water partition coefficient (Wildman–Crippen LogP) is 4.22. The minimum absolute atomic E-state index is 0.0227. The summed E-state index contributed by atoms with van der Waals surface area (Å²) in [6, 6.07) is 19.2. The summed E-state index contributed by atoms with van der Waals surface area (Å²) in [7, 11) is 1.83. The van der Waals surface area contributed by atoms with Crippen LogP contribution >= 0.6 is 0 Å². The van der Waals surface area contributed by atoms with Crippen LogP contribution in [0.15, 0.2) is 60.7 Å². The minimum atomic E-state index is -0.297. The Kier molecular flexibility index (Phi) is 5.59. The van der Waals surface area contributed by atoms with Crippen LogP contribution in [-0.2, 0) is 11.2 Å². The second-order valence-corrected chi connectivity index (χ2v) is 8.80. The predicted molar refractivity (Wildman–Crippen MR) is 112 cm³/mol. The number of carbonyl (C=O) groups excluding carboxylic acids is 2. The summed E-state index contributed by atoms with van der Waals surface area (Å²) in [5.74, 6) is -0.183. The molecular weight excluding hydrogens is 348 g/mol. The van der Waals surface area contributed by atoms with E-state index in [0.29, 0.717) is 12.0 Å². The van der Waals surface area contributed by atoms with Gasteiger partial charge in [0.15, 0.2) is 0 Å². The Morgan fingerprint density at radius 1 is 0.964 bits per heavy atom. The zero-order chi connectivity index (χ0) is 20.5. The highest BCUT2D eigenvalue weighted by molar-refractivity contribution is 5.96. The largest absolute Gasteiger partial charge is 0.324 e. The highest BCUT2D eigenvalue weighted by Crippen LogP contribution is 2.37. The fourth-order valence-corrected chi connectivity index (χ4v) is 4.34. The molecule has 0 aromatic heterocycles. The zero-order valence-electron chi connectivity index (χ0n) is 17.4. The van der Waals surface area contributed by atoms with E-state index in [1.54, 1.807) is 4.90 Å². The molecule has 0 bridgehead atoms.